The van der Waals surface area contributed by atoms with Crippen molar-refractivity contribution in [2.75, 3.05) is 0 Å². The van der Waals surface area contributed by atoms with Crippen LogP contribution in [0.4, 0.5) is 5.69 Å². The molecule has 110 valence electrons. The number of aromatic nitrogens is 3. The lowest BCUT2D eigenvalue weighted by molar-refractivity contribution is -0.384. The summed E-state index contributed by atoms with van der Waals surface area (Å²) >= 11 is 0. The van der Waals surface area contributed by atoms with E-state index in [2.05, 4.69) is 10.1 Å². The molecular weight excluding hydrogens is 276 g/mol. The highest BCUT2D eigenvalue weighted by Crippen LogP contribution is 2.20. The Hall–Kier alpha value is -2.77. The van der Waals surface area contributed by atoms with E-state index in [0.717, 1.165) is 0 Å². The number of non-ortho nitro benzene ring substituents is 1. The van der Waals surface area contributed by atoms with E-state index in [1.165, 1.54) is 18.5 Å². The van der Waals surface area contributed by atoms with Gasteiger partial charge in [-0.25, -0.2) is 9.67 Å². The topological polar surface area (TPSA) is 111 Å². The second kappa shape index (κ2) is 6.12. The number of benzene rings is 1. The van der Waals surface area contributed by atoms with Gasteiger partial charge in [0.2, 0.25) is 0 Å². The predicted octanol–water partition coefficient (Wildman–Crippen LogP) is 2.28. The fraction of sp³-hybridized carbons (Fsp3) is 0.308. The van der Waals surface area contributed by atoms with Crippen molar-refractivity contribution in [3.8, 4) is 11.4 Å². The summed E-state index contributed by atoms with van der Waals surface area (Å²) in [7, 11) is 0. The van der Waals surface area contributed by atoms with Gasteiger partial charge < -0.3 is 5.11 Å². The van der Waals surface area contributed by atoms with E-state index in [9.17, 15) is 14.9 Å². The Morgan fingerprint density at radius 1 is 1.43 bits per heavy atom. The summed E-state index contributed by atoms with van der Waals surface area (Å²) in [6, 6.07) is 5.87. The molecule has 1 atom stereocenters. The normalized spacial score (nSPS) is 12.0. The van der Waals surface area contributed by atoms with Crippen LogP contribution in [0.5, 0.6) is 0 Å². The highest BCUT2D eigenvalue weighted by molar-refractivity contribution is 5.66. The zero-order valence-electron chi connectivity index (χ0n) is 11.3. The van der Waals surface area contributed by atoms with Crippen LogP contribution < -0.4 is 0 Å². The third kappa shape index (κ3) is 3.62. The van der Waals surface area contributed by atoms with E-state index in [1.807, 2.05) is 6.92 Å². The summed E-state index contributed by atoms with van der Waals surface area (Å²) in [5, 5.41) is 23.5. The van der Waals surface area contributed by atoms with Gasteiger partial charge in [0.25, 0.3) is 5.69 Å². The first-order chi connectivity index (χ1) is 9.97. The van der Waals surface area contributed by atoms with Crippen molar-refractivity contribution in [2.45, 2.75) is 25.8 Å². The minimum absolute atomic E-state index is 0.00742. The fourth-order valence-corrected chi connectivity index (χ4v) is 1.82. The molecule has 21 heavy (non-hydrogen) atoms. The molecule has 2 aromatic rings. The van der Waals surface area contributed by atoms with E-state index in [0.29, 0.717) is 17.8 Å². The van der Waals surface area contributed by atoms with Crippen molar-refractivity contribution in [2.24, 2.45) is 0 Å². The largest absolute Gasteiger partial charge is 0.481 e. The molecule has 1 aromatic heterocycles. The van der Waals surface area contributed by atoms with E-state index in [1.54, 1.807) is 16.8 Å². The van der Waals surface area contributed by atoms with Crippen LogP contribution in [0.3, 0.4) is 0 Å². The lowest BCUT2D eigenvalue weighted by Gasteiger charge is -2.09. The number of hydrogen-bond donors (Lipinski definition) is 1. The molecule has 0 radical (unpaired) electrons. The average Bonchev–Trinajstić information content (AvgIpc) is 2.94. The van der Waals surface area contributed by atoms with Gasteiger partial charge in [0.15, 0.2) is 5.82 Å². The molecule has 0 aliphatic carbocycles. The highest BCUT2D eigenvalue weighted by atomic mass is 16.6. The molecule has 1 aromatic carbocycles. The molecule has 0 amide bonds. The maximum absolute atomic E-state index is 10.6. The Kier molecular flexibility index (Phi) is 4.27. The van der Waals surface area contributed by atoms with Gasteiger partial charge in [-0.15, -0.1) is 0 Å². The Bertz CT molecular complexity index is 650. The minimum atomic E-state index is -0.849. The number of nitro groups is 1. The number of carboxylic acids is 1. The van der Waals surface area contributed by atoms with Gasteiger partial charge in [0.1, 0.15) is 6.33 Å². The number of nitro benzene ring substituents is 1. The summed E-state index contributed by atoms with van der Waals surface area (Å²) in [6.07, 6.45) is 2.05. The maximum Gasteiger partial charge on any atom is 0.303 e. The van der Waals surface area contributed by atoms with Crippen molar-refractivity contribution in [3.63, 3.8) is 0 Å². The van der Waals surface area contributed by atoms with Crippen LogP contribution in [0.1, 0.15) is 25.8 Å². The Labute approximate surface area is 120 Å². The molecule has 0 saturated carbocycles. The molecule has 2 rings (SSSR count). The molecule has 1 heterocycles. The summed E-state index contributed by atoms with van der Waals surface area (Å²) in [5.41, 5.74) is 0.679. The minimum Gasteiger partial charge on any atom is -0.481 e. The van der Waals surface area contributed by atoms with Crippen LogP contribution in [0.15, 0.2) is 30.6 Å². The van der Waals surface area contributed by atoms with Gasteiger partial charge in [-0.1, -0.05) is 0 Å². The quantitative estimate of drug-likeness (QED) is 0.645. The molecule has 0 spiro atoms. The number of rotatable bonds is 6. The molecule has 0 bridgehead atoms. The molecular formula is C13H14N4O4. The van der Waals surface area contributed by atoms with Gasteiger partial charge in [0, 0.05) is 24.1 Å². The molecule has 1 N–H and O–H groups in total. The van der Waals surface area contributed by atoms with Crippen molar-refractivity contribution in [3.05, 3.63) is 40.7 Å². The standard InChI is InChI=1S/C13H14N4O4/c1-9(2-7-12(18)19)16-8-14-13(15-16)10-3-5-11(6-4-10)17(20)21/h3-6,8-9H,2,7H2,1H3,(H,18,19). The van der Waals surface area contributed by atoms with Crippen molar-refractivity contribution in [1.29, 1.82) is 0 Å². The molecule has 8 heteroatoms. The van der Waals surface area contributed by atoms with Crippen LogP contribution in [0.25, 0.3) is 11.4 Å². The van der Waals surface area contributed by atoms with Crippen LogP contribution in [0, 0.1) is 10.1 Å². The van der Waals surface area contributed by atoms with E-state index >= 15 is 0 Å². The maximum atomic E-state index is 10.6. The van der Waals surface area contributed by atoms with Crippen molar-refractivity contribution < 1.29 is 14.8 Å². The summed E-state index contributed by atoms with van der Waals surface area (Å²) in [5.74, 6) is -0.398. The van der Waals surface area contributed by atoms with Gasteiger partial charge in [-0.2, -0.15) is 5.10 Å². The SMILES string of the molecule is CC(CCC(=O)O)n1cnc(-c2ccc([N+](=O)[O-])cc2)n1. The number of carboxylic acid groups (broad SMARTS) is 1. The van der Waals surface area contributed by atoms with E-state index < -0.39 is 10.9 Å². The molecule has 1 unspecified atom stereocenters. The van der Waals surface area contributed by atoms with Crippen molar-refractivity contribution in [1.82, 2.24) is 14.8 Å². The number of nitrogens with zero attached hydrogens (tertiary/aromatic N) is 4. The number of hydrogen-bond acceptors (Lipinski definition) is 5. The lowest BCUT2D eigenvalue weighted by atomic mass is 10.2. The van der Waals surface area contributed by atoms with Crippen LogP contribution in [0.2, 0.25) is 0 Å². The highest BCUT2D eigenvalue weighted by Gasteiger charge is 2.12. The molecule has 0 fully saturated rings. The van der Waals surface area contributed by atoms with E-state index in [4.69, 9.17) is 5.11 Å². The van der Waals surface area contributed by atoms with Gasteiger partial charge in [0.05, 0.1) is 11.0 Å². The van der Waals surface area contributed by atoms with Crippen molar-refractivity contribution >= 4 is 11.7 Å². The van der Waals surface area contributed by atoms with Gasteiger partial charge in [-0.3, -0.25) is 14.9 Å². The van der Waals surface area contributed by atoms with Crippen LogP contribution >= 0.6 is 0 Å². The molecule has 0 saturated heterocycles. The summed E-state index contributed by atoms with van der Waals surface area (Å²) in [6.45, 7) is 1.86. The van der Waals surface area contributed by atoms with Gasteiger partial charge in [-0.05, 0) is 25.5 Å². The molecule has 0 aliphatic rings. The zero-order valence-corrected chi connectivity index (χ0v) is 11.3. The zero-order chi connectivity index (χ0) is 15.4. The van der Waals surface area contributed by atoms with Crippen LogP contribution in [-0.4, -0.2) is 30.8 Å². The fourth-order valence-electron chi connectivity index (χ4n) is 1.82. The lowest BCUT2D eigenvalue weighted by Crippen LogP contribution is -2.08. The van der Waals surface area contributed by atoms with Crippen LogP contribution in [-0.2, 0) is 4.79 Å². The Morgan fingerprint density at radius 3 is 2.67 bits per heavy atom. The van der Waals surface area contributed by atoms with E-state index in [-0.39, 0.29) is 18.2 Å². The average molecular weight is 290 g/mol. The third-order valence-corrected chi connectivity index (χ3v) is 3.07. The Morgan fingerprint density at radius 2 is 2.10 bits per heavy atom. The summed E-state index contributed by atoms with van der Waals surface area (Å²) in [4.78, 5) is 24.8. The van der Waals surface area contributed by atoms with Gasteiger partial charge >= 0.3 is 5.97 Å². The second-order valence-electron chi connectivity index (χ2n) is 4.63. The third-order valence-electron chi connectivity index (χ3n) is 3.07. The number of carbonyl (C=O) groups is 1. The molecule has 8 nitrogen and oxygen atoms in total. The Balaban J connectivity index is 2.11. The smallest absolute Gasteiger partial charge is 0.303 e. The summed E-state index contributed by atoms with van der Waals surface area (Å²) < 4.78 is 1.60. The second-order valence-corrected chi connectivity index (χ2v) is 4.63. The predicted molar refractivity (Wildman–Crippen MR) is 73.7 cm³/mol. The first-order valence-corrected chi connectivity index (χ1v) is 6.35. The number of aliphatic carboxylic acids is 1. The molecule has 0 aliphatic heterocycles. The first kappa shape index (κ1) is 14.6. The monoisotopic (exact) mass is 290 g/mol. The first-order valence-electron chi connectivity index (χ1n) is 6.35.